The van der Waals surface area contributed by atoms with Crippen molar-refractivity contribution in [2.45, 2.75) is 33.2 Å². The zero-order valence-corrected chi connectivity index (χ0v) is 11.2. The second-order valence-corrected chi connectivity index (χ2v) is 5.07. The van der Waals surface area contributed by atoms with Crippen molar-refractivity contribution in [2.24, 2.45) is 5.41 Å². The maximum atomic E-state index is 12.4. The fourth-order valence-electron chi connectivity index (χ4n) is 1.89. The van der Waals surface area contributed by atoms with Gasteiger partial charge in [0, 0.05) is 32.1 Å². The van der Waals surface area contributed by atoms with Crippen LogP contribution in [-0.4, -0.2) is 49.4 Å². The van der Waals surface area contributed by atoms with E-state index >= 15 is 0 Å². The second-order valence-electron chi connectivity index (χ2n) is 5.07. The van der Waals surface area contributed by atoms with Crippen LogP contribution in [0.4, 0.5) is 0 Å². The Labute approximate surface area is 103 Å². The molecule has 98 valence electrons. The molecule has 0 aliphatic carbocycles. The predicted molar refractivity (Wildman–Crippen MR) is 66.5 cm³/mol. The van der Waals surface area contributed by atoms with Crippen LogP contribution in [0.5, 0.6) is 0 Å². The third-order valence-electron chi connectivity index (χ3n) is 3.52. The molecule has 1 unspecified atom stereocenters. The summed E-state index contributed by atoms with van der Waals surface area (Å²) in [5, 5.41) is 5.77. The Morgan fingerprint density at radius 3 is 2.65 bits per heavy atom. The van der Waals surface area contributed by atoms with E-state index in [1.54, 1.807) is 11.9 Å². The Morgan fingerprint density at radius 1 is 1.47 bits per heavy atom. The normalized spacial score (nSPS) is 21.2. The van der Waals surface area contributed by atoms with Crippen molar-refractivity contribution in [1.29, 1.82) is 0 Å². The lowest BCUT2D eigenvalue weighted by Crippen LogP contribution is -2.61. The lowest BCUT2D eigenvalue weighted by molar-refractivity contribution is -0.148. The zero-order valence-electron chi connectivity index (χ0n) is 11.2. The molecule has 0 aromatic rings. The van der Waals surface area contributed by atoms with E-state index in [2.05, 4.69) is 10.6 Å². The van der Waals surface area contributed by atoms with Crippen LogP contribution in [0.1, 0.15) is 27.2 Å². The molecule has 1 aliphatic heterocycles. The van der Waals surface area contributed by atoms with Crippen LogP contribution in [0.2, 0.25) is 0 Å². The Morgan fingerprint density at radius 2 is 2.12 bits per heavy atom. The van der Waals surface area contributed by atoms with Crippen LogP contribution < -0.4 is 10.6 Å². The highest BCUT2D eigenvalue weighted by atomic mass is 16.2. The summed E-state index contributed by atoms with van der Waals surface area (Å²) in [7, 11) is 1.60. The topological polar surface area (TPSA) is 61.4 Å². The highest BCUT2D eigenvalue weighted by Crippen LogP contribution is 2.24. The first-order valence-electron chi connectivity index (χ1n) is 6.17. The Kier molecular flexibility index (Phi) is 4.51. The number of rotatable bonds is 3. The van der Waals surface area contributed by atoms with Crippen LogP contribution in [0.15, 0.2) is 0 Å². The molecule has 1 fully saturated rings. The van der Waals surface area contributed by atoms with E-state index in [4.69, 9.17) is 0 Å². The van der Waals surface area contributed by atoms with Gasteiger partial charge in [0.2, 0.25) is 11.8 Å². The van der Waals surface area contributed by atoms with Crippen molar-refractivity contribution in [1.82, 2.24) is 15.5 Å². The fourth-order valence-corrected chi connectivity index (χ4v) is 1.89. The lowest BCUT2D eigenvalue weighted by atomic mass is 9.87. The van der Waals surface area contributed by atoms with E-state index in [1.165, 1.54) is 0 Å². The molecule has 1 rings (SSSR count). The van der Waals surface area contributed by atoms with Gasteiger partial charge in [-0.05, 0) is 6.42 Å². The highest BCUT2D eigenvalue weighted by molar-refractivity contribution is 5.90. The molecule has 5 heteroatoms. The van der Waals surface area contributed by atoms with Crippen molar-refractivity contribution in [2.75, 3.05) is 26.7 Å². The molecule has 5 nitrogen and oxygen atoms in total. The molecule has 1 atom stereocenters. The predicted octanol–water partition coefficient (Wildman–Crippen LogP) is -0.0310. The lowest BCUT2D eigenvalue weighted by Gasteiger charge is -2.39. The number of hydrogen-bond acceptors (Lipinski definition) is 3. The van der Waals surface area contributed by atoms with Gasteiger partial charge in [0.05, 0.1) is 0 Å². The minimum atomic E-state index is -0.399. The number of hydrogen-bond donors (Lipinski definition) is 2. The summed E-state index contributed by atoms with van der Waals surface area (Å²) in [6.45, 7) is 7.73. The number of likely N-dealkylation sites (N-methyl/N-ethyl adjacent to an activating group) is 1. The highest BCUT2D eigenvalue weighted by Gasteiger charge is 2.37. The van der Waals surface area contributed by atoms with Gasteiger partial charge >= 0.3 is 0 Å². The maximum absolute atomic E-state index is 12.4. The van der Waals surface area contributed by atoms with Gasteiger partial charge in [-0.15, -0.1) is 0 Å². The number of nitrogens with one attached hydrogen (secondary N) is 2. The van der Waals surface area contributed by atoms with Crippen LogP contribution in [0.25, 0.3) is 0 Å². The zero-order chi connectivity index (χ0) is 13.1. The molecule has 2 amide bonds. The molecular formula is C12H23N3O2. The number of piperazine rings is 1. The van der Waals surface area contributed by atoms with E-state index in [0.717, 1.165) is 13.0 Å². The molecule has 0 bridgehead atoms. The summed E-state index contributed by atoms with van der Waals surface area (Å²) < 4.78 is 0. The number of carbonyl (C=O) groups excluding carboxylic acids is 2. The summed E-state index contributed by atoms with van der Waals surface area (Å²) in [5.74, 6) is -0.0347. The third kappa shape index (κ3) is 2.97. The van der Waals surface area contributed by atoms with Crippen LogP contribution in [0, 0.1) is 5.41 Å². The van der Waals surface area contributed by atoms with Crippen molar-refractivity contribution < 1.29 is 9.59 Å². The molecule has 1 saturated heterocycles. The van der Waals surface area contributed by atoms with Crippen LogP contribution in [0.3, 0.4) is 0 Å². The van der Waals surface area contributed by atoms with Gasteiger partial charge < -0.3 is 15.5 Å². The van der Waals surface area contributed by atoms with E-state index in [0.29, 0.717) is 13.1 Å². The molecule has 17 heavy (non-hydrogen) atoms. The molecule has 1 aliphatic rings. The van der Waals surface area contributed by atoms with Crippen molar-refractivity contribution in [3.05, 3.63) is 0 Å². The molecule has 0 spiro atoms. The van der Waals surface area contributed by atoms with Crippen LogP contribution in [-0.2, 0) is 9.59 Å². The molecule has 0 aromatic heterocycles. The smallest absolute Gasteiger partial charge is 0.243 e. The van der Waals surface area contributed by atoms with Crippen LogP contribution >= 0.6 is 0 Å². The summed E-state index contributed by atoms with van der Waals surface area (Å²) in [5.41, 5.74) is -0.399. The van der Waals surface area contributed by atoms with Crippen molar-refractivity contribution >= 4 is 11.8 Å². The minimum Gasteiger partial charge on any atom is -0.357 e. The van der Waals surface area contributed by atoms with Crippen molar-refractivity contribution in [3.63, 3.8) is 0 Å². The first-order valence-corrected chi connectivity index (χ1v) is 6.17. The number of nitrogens with zero attached hydrogens (tertiary/aromatic N) is 1. The molecular weight excluding hydrogens is 218 g/mol. The van der Waals surface area contributed by atoms with Gasteiger partial charge in [0.1, 0.15) is 6.04 Å². The van der Waals surface area contributed by atoms with E-state index in [1.807, 2.05) is 20.8 Å². The summed E-state index contributed by atoms with van der Waals surface area (Å²) in [6.07, 6.45) is 0.774. The van der Waals surface area contributed by atoms with Gasteiger partial charge in [-0.3, -0.25) is 9.59 Å². The van der Waals surface area contributed by atoms with E-state index in [-0.39, 0.29) is 17.9 Å². The summed E-state index contributed by atoms with van der Waals surface area (Å²) in [6, 6.07) is -0.382. The Bertz CT molecular complexity index is 302. The molecule has 0 saturated carbocycles. The summed E-state index contributed by atoms with van der Waals surface area (Å²) in [4.78, 5) is 25.9. The van der Waals surface area contributed by atoms with Gasteiger partial charge in [0.25, 0.3) is 0 Å². The number of amides is 2. The maximum Gasteiger partial charge on any atom is 0.243 e. The fraction of sp³-hybridized carbons (Fsp3) is 0.833. The Balaban J connectivity index is 2.85. The largest absolute Gasteiger partial charge is 0.357 e. The van der Waals surface area contributed by atoms with Gasteiger partial charge in [-0.1, -0.05) is 20.8 Å². The van der Waals surface area contributed by atoms with Gasteiger partial charge in [-0.2, -0.15) is 0 Å². The standard InChI is InChI=1S/C12H23N3O2/c1-5-12(2,3)11(17)15-7-6-14-8-9(15)10(16)13-4/h9,14H,5-8H2,1-4H3,(H,13,16). The third-order valence-corrected chi connectivity index (χ3v) is 3.52. The first kappa shape index (κ1) is 14.0. The Hall–Kier alpha value is -1.10. The average Bonchev–Trinajstić information content (AvgIpc) is 2.36. The molecule has 1 heterocycles. The van der Waals surface area contributed by atoms with E-state index in [9.17, 15) is 9.59 Å². The minimum absolute atomic E-state index is 0.0649. The molecule has 2 N–H and O–H groups in total. The molecule has 0 radical (unpaired) electrons. The number of carbonyl (C=O) groups is 2. The van der Waals surface area contributed by atoms with E-state index < -0.39 is 5.41 Å². The SMILES string of the molecule is CCC(C)(C)C(=O)N1CCNCC1C(=O)NC. The molecule has 0 aromatic carbocycles. The summed E-state index contributed by atoms with van der Waals surface area (Å²) >= 11 is 0. The van der Waals surface area contributed by atoms with Crippen molar-refractivity contribution in [3.8, 4) is 0 Å². The first-order chi connectivity index (χ1) is 7.94. The average molecular weight is 241 g/mol. The second kappa shape index (κ2) is 5.49. The van der Waals surface area contributed by atoms with Gasteiger partial charge in [-0.25, -0.2) is 0 Å². The quantitative estimate of drug-likeness (QED) is 0.729. The van der Waals surface area contributed by atoms with Gasteiger partial charge in [0.15, 0.2) is 0 Å². The monoisotopic (exact) mass is 241 g/mol.